The van der Waals surface area contributed by atoms with Crippen molar-refractivity contribution < 1.29 is 4.39 Å². The highest BCUT2D eigenvalue weighted by atomic mass is 19.1. The fraction of sp³-hybridized carbons (Fsp3) is 1.00. The molecular weight excluding hydrogens is 119 g/mol. The highest BCUT2D eigenvalue weighted by molar-refractivity contribution is 4.71. The molecule has 1 aliphatic heterocycles. The van der Waals surface area contributed by atoms with Gasteiger partial charge in [0.25, 0.3) is 0 Å². The summed E-state index contributed by atoms with van der Waals surface area (Å²) in [6.07, 6.45) is 1.90. The molecule has 1 rings (SSSR count). The Balaban J connectivity index is 2.18. The van der Waals surface area contributed by atoms with E-state index in [2.05, 4.69) is 0 Å². The minimum atomic E-state index is -0.313. The zero-order valence-corrected chi connectivity index (χ0v) is 5.52. The van der Waals surface area contributed by atoms with Crippen LogP contribution in [-0.2, 0) is 0 Å². The molecule has 2 nitrogen and oxygen atoms in total. The first-order valence-corrected chi connectivity index (χ1v) is 3.37. The first-order chi connectivity index (χ1) is 4.33. The maximum Gasteiger partial charge on any atom is 0.143 e. The number of rotatable bonds is 1. The minimum Gasteiger partial charge on any atom is -0.328 e. The molecule has 0 aromatic heterocycles. The smallest absolute Gasteiger partial charge is 0.143 e. The SMILES string of the molecule is NC1CCN(CF)CC1. The van der Waals surface area contributed by atoms with Crippen LogP contribution >= 0.6 is 0 Å². The number of likely N-dealkylation sites (tertiary alicyclic amines) is 1. The van der Waals surface area contributed by atoms with Crippen LogP contribution in [0.1, 0.15) is 12.8 Å². The molecule has 0 bridgehead atoms. The van der Waals surface area contributed by atoms with E-state index < -0.39 is 0 Å². The topological polar surface area (TPSA) is 29.3 Å². The lowest BCUT2D eigenvalue weighted by Crippen LogP contribution is -2.39. The zero-order chi connectivity index (χ0) is 6.69. The fourth-order valence-electron chi connectivity index (χ4n) is 1.07. The predicted molar refractivity (Wildman–Crippen MR) is 34.8 cm³/mol. The number of nitrogens with two attached hydrogens (primary N) is 1. The van der Waals surface area contributed by atoms with Gasteiger partial charge in [0.2, 0.25) is 0 Å². The van der Waals surface area contributed by atoms with Gasteiger partial charge < -0.3 is 5.73 Å². The van der Waals surface area contributed by atoms with Gasteiger partial charge in [-0.25, -0.2) is 4.39 Å². The van der Waals surface area contributed by atoms with Crippen molar-refractivity contribution in [1.82, 2.24) is 4.90 Å². The van der Waals surface area contributed by atoms with Crippen molar-refractivity contribution >= 4 is 0 Å². The summed E-state index contributed by atoms with van der Waals surface area (Å²) in [5.74, 6) is 0. The molecule has 1 saturated heterocycles. The van der Waals surface area contributed by atoms with Crippen molar-refractivity contribution in [3.05, 3.63) is 0 Å². The molecule has 0 saturated carbocycles. The Hall–Kier alpha value is -0.150. The second-order valence-electron chi connectivity index (χ2n) is 2.57. The molecule has 0 aromatic carbocycles. The molecule has 1 aliphatic rings. The number of halogens is 1. The average molecular weight is 132 g/mol. The van der Waals surface area contributed by atoms with Crippen LogP contribution in [0.3, 0.4) is 0 Å². The summed E-state index contributed by atoms with van der Waals surface area (Å²) < 4.78 is 11.9. The van der Waals surface area contributed by atoms with E-state index in [-0.39, 0.29) is 6.80 Å². The minimum absolute atomic E-state index is 0.313. The van der Waals surface area contributed by atoms with E-state index in [9.17, 15) is 4.39 Å². The predicted octanol–water partition coefficient (Wildman–Crippen LogP) is 0.336. The first kappa shape index (κ1) is 6.96. The highest BCUT2D eigenvalue weighted by Crippen LogP contribution is 2.06. The van der Waals surface area contributed by atoms with Crippen LogP contribution in [0.5, 0.6) is 0 Å². The summed E-state index contributed by atoms with van der Waals surface area (Å²) in [6, 6.07) is 0.313. The molecular formula is C6H13FN2. The number of alkyl halides is 1. The van der Waals surface area contributed by atoms with Gasteiger partial charge in [-0.2, -0.15) is 0 Å². The monoisotopic (exact) mass is 132 g/mol. The molecule has 0 unspecified atom stereocenters. The van der Waals surface area contributed by atoms with Gasteiger partial charge in [0, 0.05) is 19.1 Å². The van der Waals surface area contributed by atoms with Gasteiger partial charge >= 0.3 is 0 Å². The average Bonchev–Trinajstić information content (AvgIpc) is 1.90. The number of piperidine rings is 1. The largest absolute Gasteiger partial charge is 0.328 e. The van der Waals surface area contributed by atoms with Gasteiger partial charge in [0.1, 0.15) is 6.80 Å². The van der Waals surface area contributed by atoms with Gasteiger partial charge in [-0.05, 0) is 12.8 Å². The van der Waals surface area contributed by atoms with E-state index in [1.165, 1.54) is 0 Å². The normalized spacial score (nSPS) is 24.7. The fourth-order valence-corrected chi connectivity index (χ4v) is 1.07. The Morgan fingerprint density at radius 1 is 1.44 bits per heavy atom. The Kier molecular flexibility index (Phi) is 2.42. The lowest BCUT2D eigenvalue weighted by Gasteiger charge is -2.27. The van der Waals surface area contributed by atoms with Crippen LogP contribution in [0.25, 0.3) is 0 Å². The maximum atomic E-state index is 11.9. The Morgan fingerprint density at radius 2 is 2.00 bits per heavy atom. The summed E-state index contributed by atoms with van der Waals surface area (Å²) in [7, 11) is 0. The van der Waals surface area contributed by atoms with Crippen LogP contribution in [0.2, 0.25) is 0 Å². The molecule has 3 heteroatoms. The Labute approximate surface area is 54.8 Å². The molecule has 0 aliphatic carbocycles. The number of nitrogens with zero attached hydrogens (tertiary/aromatic N) is 1. The standard InChI is InChI=1S/C6H13FN2/c7-5-9-3-1-6(8)2-4-9/h6H,1-5,8H2. The summed E-state index contributed by atoms with van der Waals surface area (Å²) in [6.45, 7) is 1.35. The van der Waals surface area contributed by atoms with Crippen molar-refractivity contribution in [3.8, 4) is 0 Å². The second-order valence-corrected chi connectivity index (χ2v) is 2.57. The third-order valence-electron chi connectivity index (χ3n) is 1.80. The van der Waals surface area contributed by atoms with Crippen molar-refractivity contribution in [1.29, 1.82) is 0 Å². The van der Waals surface area contributed by atoms with E-state index >= 15 is 0 Å². The van der Waals surface area contributed by atoms with Gasteiger partial charge in [0.05, 0.1) is 0 Å². The maximum absolute atomic E-state index is 11.9. The van der Waals surface area contributed by atoms with Crippen LogP contribution in [0.4, 0.5) is 4.39 Å². The molecule has 0 amide bonds. The van der Waals surface area contributed by atoms with E-state index in [1.807, 2.05) is 0 Å². The van der Waals surface area contributed by atoms with Gasteiger partial charge in [-0.1, -0.05) is 0 Å². The summed E-state index contributed by atoms with van der Waals surface area (Å²) in [5.41, 5.74) is 5.60. The third-order valence-corrected chi connectivity index (χ3v) is 1.80. The molecule has 0 spiro atoms. The van der Waals surface area contributed by atoms with Crippen molar-refractivity contribution in [3.63, 3.8) is 0 Å². The third kappa shape index (κ3) is 1.91. The number of hydrogen-bond acceptors (Lipinski definition) is 2. The molecule has 0 radical (unpaired) electrons. The summed E-state index contributed by atoms with van der Waals surface area (Å²) >= 11 is 0. The summed E-state index contributed by atoms with van der Waals surface area (Å²) in [5, 5.41) is 0. The lowest BCUT2D eigenvalue weighted by atomic mass is 10.1. The molecule has 2 N–H and O–H groups in total. The quantitative estimate of drug-likeness (QED) is 0.521. The molecule has 0 aromatic rings. The number of hydrogen-bond donors (Lipinski definition) is 1. The zero-order valence-electron chi connectivity index (χ0n) is 5.52. The van der Waals surface area contributed by atoms with E-state index in [4.69, 9.17) is 5.73 Å². The van der Waals surface area contributed by atoms with Crippen LogP contribution in [0.15, 0.2) is 0 Å². The highest BCUT2D eigenvalue weighted by Gasteiger charge is 2.14. The summed E-state index contributed by atoms with van der Waals surface area (Å²) in [4.78, 5) is 1.78. The molecule has 0 atom stereocenters. The molecule has 1 heterocycles. The van der Waals surface area contributed by atoms with E-state index in [0.717, 1.165) is 25.9 Å². The van der Waals surface area contributed by atoms with Gasteiger partial charge in [-0.3, -0.25) is 4.90 Å². The van der Waals surface area contributed by atoms with Crippen molar-refractivity contribution in [2.24, 2.45) is 5.73 Å². The van der Waals surface area contributed by atoms with Gasteiger partial charge in [0.15, 0.2) is 0 Å². The van der Waals surface area contributed by atoms with Crippen LogP contribution < -0.4 is 5.73 Å². The molecule has 9 heavy (non-hydrogen) atoms. The van der Waals surface area contributed by atoms with Gasteiger partial charge in [-0.15, -0.1) is 0 Å². The molecule has 54 valence electrons. The van der Waals surface area contributed by atoms with E-state index in [1.54, 1.807) is 4.90 Å². The molecule has 1 fully saturated rings. The van der Waals surface area contributed by atoms with Crippen molar-refractivity contribution in [2.75, 3.05) is 19.9 Å². The van der Waals surface area contributed by atoms with Crippen LogP contribution in [0, 0.1) is 0 Å². The first-order valence-electron chi connectivity index (χ1n) is 3.37. The van der Waals surface area contributed by atoms with E-state index in [0.29, 0.717) is 6.04 Å². The Bertz CT molecular complexity index is 79.1. The Morgan fingerprint density at radius 3 is 2.44 bits per heavy atom. The lowest BCUT2D eigenvalue weighted by molar-refractivity contribution is 0.148. The second kappa shape index (κ2) is 3.13. The van der Waals surface area contributed by atoms with Crippen LogP contribution in [-0.4, -0.2) is 30.8 Å². The van der Waals surface area contributed by atoms with Crippen molar-refractivity contribution in [2.45, 2.75) is 18.9 Å².